The molecular weight excluding hydrogens is 263 g/mol. The van der Waals surface area contributed by atoms with Gasteiger partial charge in [-0.3, -0.25) is 15.6 Å². The minimum atomic E-state index is 0. The quantitative estimate of drug-likeness (QED) is 0.473. The van der Waals surface area contributed by atoms with E-state index >= 15 is 0 Å². The summed E-state index contributed by atoms with van der Waals surface area (Å²) in [5, 5.41) is 8.73. The standard InChI is InChI=1S/C5H10O.C5H4O.C2H6N2.C2H6.C2H4.B/c2*6-5-3-1-2-4-5;1-2-4-3-1;2*1-2;/h5-6H,1-4H2;1-4H;3-4H,1-2H2;1-2H3;1-2H2;. The summed E-state index contributed by atoms with van der Waals surface area (Å²) < 4.78 is 0. The first-order chi connectivity index (χ1) is 9.79. The molecule has 3 radical (unpaired) electrons. The van der Waals surface area contributed by atoms with E-state index in [0.29, 0.717) is 0 Å². The highest BCUT2D eigenvalue weighted by molar-refractivity contribution is 6.01. The predicted molar refractivity (Wildman–Crippen MR) is 92.1 cm³/mol. The van der Waals surface area contributed by atoms with Crippen molar-refractivity contribution in [3.8, 4) is 0 Å². The Morgan fingerprint density at radius 2 is 1.38 bits per heavy atom. The summed E-state index contributed by atoms with van der Waals surface area (Å²) in [7, 11) is 0. The van der Waals surface area contributed by atoms with Crippen molar-refractivity contribution in [2.45, 2.75) is 45.6 Å². The number of nitrogens with one attached hydrogen (secondary N) is 2. The van der Waals surface area contributed by atoms with E-state index in [1.807, 2.05) is 13.8 Å². The van der Waals surface area contributed by atoms with Crippen molar-refractivity contribution in [2.24, 2.45) is 0 Å². The number of hydrogen-bond acceptors (Lipinski definition) is 4. The molecule has 21 heavy (non-hydrogen) atoms. The zero-order chi connectivity index (χ0) is 15.6. The number of hydrazine groups is 1. The number of rotatable bonds is 0. The largest absolute Gasteiger partial charge is 0.393 e. The van der Waals surface area contributed by atoms with Crippen LogP contribution in [0.15, 0.2) is 37.5 Å². The molecule has 2 aliphatic carbocycles. The third-order valence-corrected chi connectivity index (χ3v) is 2.46. The van der Waals surface area contributed by atoms with Crippen LogP contribution in [0.5, 0.6) is 0 Å². The maximum Gasteiger partial charge on any atom is 0.178 e. The van der Waals surface area contributed by atoms with Gasteiger partial charge in [-0.1, -0.05) is 38.8 Å². The molecule has 0 aromatic carbocycles. The van der Waals surface area contributed by atoms with E-state index in [1.165, 1.54) is 25.0 Å². The molecule has 3 rings (SSSR count). The minimum Gasteiger partial charge on any atom is -0.393 e. The van der Waals surface area contributed by atoms with Gasteiger partial charge in [0.1, 0.15) is 0 Å². The molecule has 0 spiro atoms. The molecule has 1 saturated heterocycles. The van der Waals surface area contributed by atoms with E-state index in [2.05, 4.69) is 24.0 Å². The van der Waals surface area contributed by atoms with Crippen LogP contribution in [0.2, 0.25) is 0 Å². The zero-order valence-electron chi connectivity index (χ0n) is 13.5. The van der Waals surface area contributed by atoms with E-state index in [1.54, 1.807) is 12.2 Å². The van der Waals surface area contributed by atoms with Gasteiger partial charge in [0, 0.05) is 21.5 Å². The van der Waals surface area contributed by atoms with Gasteiger partial charge in [0.15, 0.2) is 5.78 Å². The predicted octanol–water partition coefficient (Wildman–Crippen LogP) is 2.14. The van der Waals surface area contributed by atoms with Crippen molar-refractivity contribution < 1.29 is 9.90 Å². The lowest BCUT2D eigenvalue weighted by Crippen LogP contribution is -2.49. The summed E-state index contributed by atoms with van der Waals surface area (Å²) in [5.41, 5.74) is 5.72. The monoisotopic (exact) mass is 293 g/mol. The number of allylic oxidation sites excluding steroid dienone is 4. The number of hydrogen-bond donors (Lipinski definition) is 3. The molecule has 119 valence electrons. The van der Waals surface area contributed by atoms with Gasteiger partial charge in [0.05, 0.1) is 6.10 Å². The molecule has 1 saturated carbocycles. The molecule has 0 bridgehead atoms. The van der Waals surface area contributed by atoms with Crippen LogP contribution in [0.25, 0.3) is 0 Å². The Labute approximate surface area is 131 Å². The second-order valence-electron chi connectivity index (χ2n) is 3.91. The van der Waals surface area contributed by atoms with Crippen LogP contribution in [-0.4, -0.2) is 38.5 Å². The van der Waals surface area contributed by atoms with E-state index in [-0.39, 0.29) is 20.3 Å². The van der Waals surface area contributed by atoms with Gasteiger partial charge in [-0.2, -0.15) is 0 Å². The topological polar surface area (TPSA) is 61.4 Å². The second-order valence-corrected chi connectivity index (χ2v) is 3.91. The maximum absolute atomic E-state index is 10.1. The Morgan fingerprint density at radius 3 is 1.48 bits per heavy atom. The summed E-state index contributed by atoms with van der Waals surface area (Å²) in [5.74, 6) is 0.0926. The Bertz CT molecular complexity index is 253. The normalized spacial score (nSPS) is 17.2. The highest BCUT2D eigenvalue weighted by Crippen LogP contribution is 2.16. The molecule has 1 aliphatic heterocycles. The van der Waals surface area contributed by atoms with Crippen LogP contribution in [-0.2, 0) is 4.79 Å². The molecule has 4 nitrogen and oxygen atoms in total. The van der Waals surface area contributed by atoms with Gasteiger partial charge >= 0.3 is 0 Å². The summed E-state index contributed by atoms with van der Waals surface area (Å²) in [6.07, 6.45) is 11.1. The number of carbonyl (C=O) groups is 1. The lowest BCUT2D eigenvalue weighted by atomic mass is 10.3. The van der Waals surface area contributed by atoms with Crippen molar-refractivity contribution >= 4 is 14.2 Å². The first-order valence-corrected chi connectivity index (χ1v) is 7.31. The van der Waals surface area contributed by atoms with Crippen LogP contribution in [0, 0.1) is 0 Å². The molecule has 5 heteroatoms. The maximum atomic E-state index is 10.1. The van der Waals surface area contributed by atoms with Gasteiger partial charge in [-0.05, 0) is 25.0 Å². The van der Waals surface area contributed by atoms with Crippen LogP contribution in [0.3, 0.4) is 0 Å². The van der Waals surface area contributed by atoms with Crippen LogP contribution < -0.4 is 10.9 Å². The molecule has 3 N–H and O–H groups in total. The van der Waals surface area contributed by atoms with Gasteiger partial charge in [-0.15, -0.1) is 13.2 Å². The molecule has 2 fully saturated rings. The minimum absolute atomic E-state index is 0. The fourth-order valence-corrected chi connectivity index (χ4v) is 1.39. The lowest BCUT2D eigenvalue weighted by Gasteiger charge is -2.13. The number of ketones is 1. The van der Waals surface area contributed by atoms with Crippen LogP contribution in [0.1, 0.15) is 39.5 Å². The van der Waals surface area contributed by atoms with Crippen LogP contribution >= 0.6 is 0 Å². The SMILES string of the molecule is C1CNN1.C=C.CC.O=C1C=CC=C1.OC1CCCC1.[B]. The van der Waals surface area contributed by atoms with Crippen LogP contribution in [0.4, 0.5) is 0 Å². The first kappa shape index (κ1) is 24.8. The van der Waals surface area contributed by atoms with E-state index in [9.17, 15) is 4.79 Å². The van der Waals surface area contributed by atoms with E-state index < -0.39 is 0 Å². The molecule has 3 aliphatic rings. The molecule has 0 atom stereocenters. The molecule has 0 amide bonds. The molecule has 0 aromatic heterocycles. The first-order valence-electron chi connectivity index (χ1n) is 7.31. The Balaban J connectivity index is -0.000000205. The van der Waals surface area contributed by atoms with Gasteiger partial charge < -0.3 is 5.11 Å². The van der Waals surface area contributed by atoms with Crippen molar-refractivity contribution in [3.63, 3.8) is 0 Å². The summed E-state index contributed by atoms with van der Waals surface area (Å²) in [4.78, 5) is 10.1. The van der Waals surface area contributed by atoms with Crippen molar-refractivity contribution in [3.05, 3.63) is 37.5 Å². The van der Waals surface area contributed by atoms with Crippen molar-refractivity contribution in [2.75, 3.05) is 13.1 Å². The fraction of sp³-hybridized carbons (Fsp3) is 0.562. The smallest absolute Gasteiger partial charge is 0.178 e. The van der Waals surface area contributed by atoms with Crippen molar-refractivity contribution in [1.29, 1.82) is 0 Å². The van der Waals surface area contributed by atoms with Crippen molar-refractivity contribution in [1.82, 2.24) is 10.9 Å². The third kappa shape index (κ3) is 18.8. The van der Waals surface area contributed by atoms with E-state index in [4.69, 9.17) is 5.11 Å². The van der Waals surface area contributed by atoms with E-state index in [0.717, 1.165) is 25.9 Å². The Kier molecular flexibility index (Phi) is 25.0. The molecule has 0 aromatic rings. The van der Waals surface area contributed by atoms with Gasteiger partial charge in [0.2, 0.25) is 0 Å². The molecular formula is C16H30BN2O2. The second kappa shape index (κ2) is 21.1. The zero-order valence-corrected chi connectivity index (χ0v) is 13.5. The number of aliphatic hydroxyl groups is 1. The molecule has 0 unspecified atom stereocenters. The average molecular weight is 293 g/mol. The molecule has 1 heterocycles. The van der Waals surface area contributed by atoms with Gasteiger partial charge in [0.25, 0.3) is 0 Å². The fourth-order valence-electron chi connectivity index (χ4n) is 1.39. The number of carbonyl (C=O) groups excluding carboxylic acids is 1. The summed E-state index contributed by atoms with van der Waals surface area (Å²) in [6.45, 7) is 12.3. The Hall–Kier alpha value is -1.17. The highest BCUT2D eigenvalue weighted by atomic mass is 16.3. The third-order valence-electron chi connectivity index (χ3n) is 2.46. The Morgan fingerprint density at radius 1 is 1.05 bits per heavy atom. The summed E-state index contributed by atoms with van der Waals surface area (Å²) in [6, 6.07) is 0. The van der Waals surface area contributed by atoms with Gasteiger partial charge in [-0.25, -0.2) is 0 Å². The summed E-state index contributed by atoms with van der Waals surface area (Å²) >= 11 is 0. The highest BCUT2D eigenvalue weighted by Gasteiger charge is 2.09. The number of aliphatic hydroxyl groups excluding tert-OH is 1. The average Bonchev–Trinajstić information content (AvgIpc) is 3.07. The lowest BCUT2D eigenvalue weighted by molar-refractivity contribution is -0.110.